The molecule has 0 bridgehead atoms. The second kappa shape index (κ2) is 7.28. The van der Waals surface area contributed by atoms with E-state index in [9.17, 15) is 4.21 Å². The van der Waals surface area contributed by atoms with Gasteiger partial charge in [-0.25, -0.2) is 18.9 Å². The summed E-state index contributed by atoms with van der Waals surface area (Å²) in [6.07, 6.45) is 2.38. The highest BCUT2D eigenvalue weighted by Crippen LogP contribution is 2.42. The van der Waals surface area contributed by atoms with E-state index in [0.29, 0.717) is 19.7 Å². The van der Waals surface area contributed by atoms with Crippen LogP contribution >= 0.6 is 11.3 Å². The van der Waals surface area contributed by atoms with Gasteiger partial charge in [0.05, 0.1) is 12.3 Å². The van der Waals surface area contributed by atoms with Gasteiger partial charge >= 0.3 is 0 Å². The number of hydrogen-bond acceptors (Lipinski definition) is 6. The number of hydrogen-bond donors (Lipinski definition) is 1. The summed E-state index contributed by atoms with van der Waals surface area (Å²) in [6.45, 7) is 5.92. The molecule has 10 heteroatoms. The first kappa shape index (κ1) is 18.9. The van der Waals surface area contributed by atoms with Gasteiger partial charge in [-0.15, -0.1) is 11.3 Å². The Morgan fingerprint density at radius 1 is 1.34 bits per heavy atom. The minimum Gasteiger partial charge on any atom is -0.492 e. The smallest absolute Gasteiger partial charge is 0.234 e. The fourth-order valence-electron chi connectivity index (χ4n) is 3.75. The maximum absolute atomic E-state index is 11.1. The molecule has 0 amide bonds. The van der Waals surface area contributed by atoms with Crippen LogP contribution in [0.5, 0.6) is 5.75 Å². The molecule has 0 radical (unpaired) electrons. The van der Waals surface area contributed by atoms with Crippen molar-refractivity contribution in [2.45, 2.75) is 32.2 Å². The molecule has 0 spiro atoms. The Hall–Kier alpha value is -2.14. The zero-order valence-corrected chi connectivity index (χ0v) is 17.7. The van der Waals surface area contributed by atoms with Crippen LogP contribution in [0.15, 0.2) is 24.5 Å². The molecule has 2 aliphatic rings. The third-order valence-electron chi connectivity index (χ3n) is 5.34. The minimum absolute atomic E-state index is 0.213. The van der Waals surface area contributed by atoms with Crippen molar-refractivity contribution < 1.29 is 13.5 Å². The standard InChI is InChI=1S/C19H21N5O3S2/c1-11(2)24-18(20-10-21-24)19-22-17-14-4-3-12(13-8-23(9-13)29(25)26)7-15(14)27-6-5-16(17)28-19/h3-4,7,10-11,13H,5-6,8-9H2,1-2H3,(H,25,26). The molecule has 1 fully saturated rings. The molecule has 1 saturated heterocycles. The Kier molecular flexibility index (Phi) is 4.73. The molecule has 5 rings (SSSR count). The zero-order valence-electron chi connectivity index (χ0n) is 16.1. The van der Waals surface area contributed by atoms with Crippen LogP contribution in [0.4, 0.5) is 0 Å². The van der Waals surface area contributed by atoms with Crippen LogP contribution < -0.4 is 4.74 Å². The lowest BCUT2D eigenvalue weighted by atomic mass is 9.92. The predicted octanol–water partition coefficient (Wildman–Crippen LogP) is 3.12. The van der Waals surface area contributed by atoms with Gasteiger partial charge in [0.2, 0.25) is 11.3 Å². The second-order valence-electron chi connectivity index (χ2n) is 7.54. The highest BCUT2D eigenvalue weighted by atomic mass is 32.2. The van der Waals surface area contributed by atoms with Crippen molar-refractivity contribution in [3.63, 3.8) is 0 Å². The van der Waals surface area contributed by atoms with E-state index in [2.05, 4.69) is 42.1 Å². The molecule has 1 aromatic carbocycles. The van der Waals surface area contributed by atoms with Crippen molar-refractivity contribution >= 4 is 22.6 Å². The summed E-state index contributed by atoms with van der Waals surface area (Å²) in [4.78, 5) is 10.5. The maximum Gasteiger partial charge on any atom is 0.234 e. The molecule has 2 aromatic heterocycles. The van der Waals surface area contributed by atoms with Crippen molar-refractivity contribution in [1.29, 1.82) is 0 Å². The highest BCUT2D eigenvalue weighted by molar-refractivity contribution is 7.76. The molecule has 8 nitrogen and oxygen atoms in total. The zero-order chi connectivity index (χ0) is 20.1. The molecular weight excluding hydrogens is 410 g/mol. The van der Waals surface area contributed by atoms with E-state index in [1.165, 1.54) is 9.18 Å². The average Bonchev–Trinajstić information content (AvgIpc) is 3.24. The second-order valence-corrected chi connectivity index (χ2v) is 9.60. The Balaban J connectivity index is 1.49. The van der Waals surface area contributed by atoms with Crippen LogP contribution in [0.3, 0.4) is 0 Å². The highest BCUT2D eigenvalue weighted by Gasteiger charge is 2.32. The lowest BCUT2D eigenvalue weighted by molar-refractivity contribution is 0.258. The Morgan fingerprint density at radius 2 is 2.17 bits per heavy atom. The average molecular weight is 432 g/mol. The van der Waals surface area contributed by atoms with E-state index in [1.54, 1.807) is 17.7 Å². The first-order valence-electron chi connectivity index (χ1n) is 9.54. The number of ether oxygens (including phenoxy) is 1. The van der Waals surface area contributed by atoms with Gasteiger partial charge in [-0.3, -0.25) is 4.55 Å². The molecule has 1 atom stereocenters. The molecular formula is C19H21N5O3S2. The van der Waals surface area contributed by atoms with Gasteiger partial charge < -0.3 is 4.74 Å². The van der Waals surface area contributed by atoms with Crippen molar-refractivity contribution in [2.24, 2.45) is 0 Å². The van der Waals surface area contributed by atoms with Gasteiger partial charge in [0.25, 0.3) is 0 Å². The van der Waals surface area contributed by atoms with Gasteiger partial charge in [-0.05, 0) is 31.5 Å². The predicted molar refractivity (Wildman–Crippen MR) is 111 cm³/mol. The van der Waals surface area contributed by atoms with Gasteiger partial charge in [0.15, 0.2) is 10.8 Å². The number of thiazole rings is 1. The summed E-state index contributed by atoms with van der Waals surface area (Å²) < 4.78 is 29.8. The quantitative estimate of drug-likeness (QED) is 0.638. The van der Waals surface area contributed by atoms with Crippen molar-refractivity contribution in [1.82, 2.24) is 24.1 Å². The molecule has 3 aromatic rings. The van der Waals surface area contributed by atoms with Crippen molar-refractivity contribution in [3.05, 3.63) is 35.0 Å². The first-order chi connectivity index (χ1) is 14.0. The number of benzene rings is 1. The molecule has 4 heterocycles. The summed E-state index contributed by atoms with van der Waals surface area (Å²) in [5.41, 5.74) is 3.07. The van der Waals surface area contributed by atoms with Gasteiger partial charge in [-0.1, -0.05) is 6.07 Å². The SMILES string of the molecule is CC(C)n1ncnc1-c1nc2c(s1)CCOc1cc(C3CN(S(=O)O)C3)ccc1-2. The monoisotopic (exact) mass is 431 g/mol. The topological polar surface area (TPSA) is 93.4 Å². The fraction of sp³-hybridized carbons (Fsp3) is 0.421. The van der Waals surface area contributed by atoms with Crippen LogP contribution in [-0.4, -0.2) is 52.5 Å². The largest absolute Gasteiger partial charge is 0.492 e. The number of aromatic nitrogens is 4. The number of nitrogens with zero attached hydrogens (tertiary/aromatic N) is 5. The molecule has 152 valence electrons. The molecule has 0 aliphatic carbocycles. The molecule has 0 saturated carbocycles. The molecule has 1 N–H and O–H groups in total. The van der Waals surface area contributed by atoms with Crippen LogP contribution in [0.2, 0.25) is 0 Å². The van der Waals surface area contributed by atoms with Crippen LogP contribution in [-0.2, 0) is 17.7 Å². The Morgan fingerprint density at radius 3 is 2.93 bits per heavy atom. The summed E-state index contributed by atoms with van der Waals surface area (Å²) in [7, 11) is 0. The third kappa shape index (κ3) is 3.29. The first-order valence-corrected chi connectivity index (χ1v) is 11.4. The molecule has 1 unspecified atom stereocenters. The molecule has 29 heavy (non-hydrogen) atoms. The maximum atomic E-state index is 11.1. The third-order valence-corrected chi connectivity index (χ3v) is 7.19. The van der Waals surface area contributed by atoms with Crippen LogP contribution in [0.25, 0.3) is 22.1 Å². The van der Waals surface area contributed by atoms with E-state index in [0.717, 1.165) is 39.8 Å². The van der Waals surface area contributed by atoms with E-state index in [1.807, 2.05) is 4.68 Å². The number of fused-ring (bicyclic) bond motifs is 3. The van der Waals surface area contributed by atoms with E-state index in [4.69, 9.17) is 14.3 Å². The van der Waals surface area contributed by atoms with E-state index in [-0.39, 0.29) is 12.0 Å². The lowest BCUT2D eigenvalue weighted by Gasteiger charge is -2.36. The Labute approximate surface area is 175 Å². The lowest BCUT2D eigenvalue weighted by Crippen LogP contribution is -2.45. The summed E-state index contributed by atoms with van der Waals surface area (Å²) in [6, 6.07) is 6.41. The number of rotatable bonds is 4. The van der Waals surface area contributed by atoms with Gasteiger partial charge in [0, 0.05) is 41.9 Å². The van der Waals surface area contributed by atoms with Gasteiger partial charge in [0.1, 0.15) is 12.1 Å². The van der Waals surface area contributed by atoms with Crippen LogP contribution in [0, 0.1) is 0 Å². The normalized spacial score (nSPS) is 17.9. The summed E-state index contributed by atoms with van der Waals surface area (Å²) >= 11 is -0.241. The molecule has 2 aliphatic heterocycles. The summed E-state index contributed by atoms with van der Waals surface area (Å²) in [5, 5.41) is 5.20. The minimum atomic E-state index is -1.89. The van der Waals surface area contributed by atoms with Crippen molar-refractivity contribution in [3.8, 4) is 27.8 Å². The van der Waals surface area contributed by atoms with E-state index >= 15 is 0 Å². The van der Waals surface area contributed by atoms with Gasteiger partial charge in [-0.2, -0.15) is 9.40 Å². The summed E-state index contributed by atoms with van der Waals surface area (Å²) in [5.74, 6) is 1.87. The Bertz CT molecular complexity index is 1090. The fourth-order valence-corrected chi connectivity index (χ4v) is 5.41. The van der Waals surface area contributed by atoms with E-state index < -0.39 is 11.3 Å². The van der Waals surface area contributed by atoms with Crippen LogP contribution in [0.1, 0.15) is 36.2 Å². The van der Waals surface area contributed by atoms with Crippen molar-refractivity contribution in [2.75, 3.05) is 19.7 Å².